The summed E-state index contributed by atoms with van der Waals surface area (Å²) in [5.74, 6) is -0.223. The van der Waals surface area contributed by atoms with Crippen molar-refractivity contribution >= 4 is 15.9 Å². The van der Waals surface area contributed by atoms with Crippen molar-refractivity contribution in [3.8, 4) is 5.75 Å². The Morgan fingerprint density at radius 3 is 2.48 bits per heavy atom. The molecule has 7 heteroatoms. The van der Waals surface area contributed by atoms with Crippen LogP contribution in [0.5, 0.6) is 5.75 Å². The van der Waals surface area contributed by atoms with Gasteiger partial charge in [-0.3, -0.25) is 4.79 Å². The highest BCUT2D eigenvalue weighted by atomic mass is 32.2. The lowest BCUT2D eigenvalue weighted by Crippen LogP contribution is -2.46. The molecular weight excluding hydrogens is 364 g/mol. The monoisotopic (exact) mass is 388 g/mol. The van der Waals surface area contributed by atoms with Crippen molar-refractivity contribution in [2.24, 2.45) is 0 Å². The number of amides is 1. The summed E-state index contributed by atoms with van der Waals surface area (Å²) in [6, 6.07) is 11.5. The van der Waals surface area contributed by atoms with E-state index in [0.29, 0.717) is 36.4 Å². The molecule has 0 spiro atoms. The Bertz CT molecular complexity index is 948. The fourth-order valence-electron chi connectivity index (χ4n) is 3.28. The van der Waals surface area contributed by atoms with Crippen molar-refractivity contribution < 1.29 is 18.3 Å². The average Bonchev–Trinajstić information content (AvgIpc) is 2.64. The molecule has 0 bridgehead atoms. The van der Waals surface area contributed by atoms with E-state index < -0.39 is 10.0 Å². The lowest BCUT2D eigenvalue weighted by atomic mass is 10.1. The van der Waals surface area contributed by atoms with Crippen LogP contribution in [0.25, 0.3) is 0 Å². The van der Waals surface area contributed by atoms with Crippen molar-refractivity contribution in [2.45, 2.75) is 37.6 Å². The zero-order valence-corrected chi connectivity index (χ0v) is 16.3. The van der Waals surface area contributed by atoms with Gasteiger partial charge in [-0.15, -0.1) is 0 Å². The van der Waals surface area contributed by atoms with Gasteiger partial charge in [0.1, 0.15) is 5.75 Å². The van der Waals surface area contributed by atoms with Crippen molar-refractivity contribution in [1.29, 1.82) is 0 Å². The number of piperidine rings is 1. The number of hydrogen-bond donors (Lipinski definition) is 2. The molecule has 2 aromatic rings. The summed E-state index contributed by atoms with van der Waals surface area (Å²) in [6.07, 6.45) is 1.10. The van der Waals surface area contributed by atoms with E-state index in [1.54, 1.807) is 25.1 Å². The molecular formula is C20H24N2O4S. The molecule has 144 valence electrons. The van der Waals surface area contributed by atoms with Crippen molar-refractivity contribution in [3.63, 3.8) is 0 Å². The van der Waals surface area contributed by atoms with Crippen LogP contribution in [0.15, 0.2) is 47.4 Å². The first-order valence-corrected chi connectivity index (χ1v) is 10.4. The third-order valence-electron chi connectivity index (χ3n) is 4.86. The lowest BCUT2D eigenvalue weighted by Gasteiger charge is -2.32. The molecule has 2 aromatic carbocycles. The van der Waals surface area contributed by atoms with Crippen LogP contribution in [0.4, 0.5) is 0 Å². The smallest absolute Gasteiger partial charge is 0.251 e. The number of hydrogen-bond acceptors (Lipinski definition) is 4. The van der Waals surface area contributed by atoms with Crippen LogP contribution < -0.4 is 5.32 Å². The minimum Gasteiger partial charge on any atom is -0.508 e. The fraction of sp³-hybridized carbons (Fsp3) is 0.350. The van der Waals surface area contributed by atoms with Gasteiger partial charge in [-0.25, -0.2) is 8.42 Å². The summed E-state index contributed by atoms with van der Waals surface area (Å²) < 4.78 is 27.4. The molecule has 1 heterocycles. The number of phenolic OH excluding ortho intramolecular Hbond substituents is 1. The maximum absolute atomic E-state index is 13.0. The normalized spacial score (nSPS) is 16.2. The van der Waals surface area contributed by atoms with E-state index in [9.17, 15) is 18.3 Å². The molecule has 0 radical (unpaired) electrons. The molecule has 1 saturated heterocycles. The van der Waals surface area contributed by atoms with Gasteiger partial charge in [-0.05, 0) is 62.1 Å². The SMILES string of the molecule is Cc1ccc(C)c(S(=O)(=O)N2CCC(NC(=O)c3cccc(O)c3)CC2)c1. The predicted octanol–water partition coefficient (Wildman–Crippen LogP) is 2.59. The highest BCUT2D eigenvalue weighted by molar-refractivity contribution is 7.89. The van der Waals surface area contributed by atoms with Crippen LogP contribution in [-0.4, -0.2) is 42.9 Å². The second kappa shape index (κ2) is 7.70. The first-order valence-electron chi connectivity index (χ1n) is 8.94. The lowest BCUT2D eigenvalue weighted by molar-refractivity contribution is 0.0923. The van der Waals surface area contributed by atoms with Gasteiger partial charge in [0.25, 0.3) is 5.91 Å². The standard InChI is InChI=1S/C20H24N2O4S/c1-14-6-7-15(2)19(12-14)27(25,26)22-10-8-17(9-11-22)21-20(24)16-4-3-5-18(23)13-16/h3-7,12-13,17,23H,8-11H2,1-2H3,(H,21,24). The summed E-state index contributed by atoms with van der Waals surface area (Å²) in [5.41, 5.74) is 2.03. The number of rotatable bonds is 4. The molecule has 27 heavy (non-hydrogen) atoms. The predicted molar refractivity (Wildman–Crippen MR) is 103 cm³/mol. The highest BCUT2D eigenvalue weighted by Crippen LogP contribution is 2.24. The summed E-state index contributed by atoms with van der Waals surface area (Å²) >= 11 is 0. The maximum atomic E-state index is 13.0. The van der Waals surface area contributed by atoms with E-state index in [0.717, 1.165) is 11.1 Å². The van der Waals surface area contributed by atoms with Crippen LogP contribution >= 0.6 is 0 Å². The number of phenols is 1. The number of carbonyl (C=O) groups is 1. The molecule has 6 nitrogen and oxygen atoms in total. The second-order valence-corrected chi connectivity index (χ2v) is 8.88. The number of benzene rings is 2. The summed E-state index contributed by atoms with van der Waals surface area (Å²) in [7, 11) is -3.54. The number of sulfonamides is 1. The van der Waals surface area contributed by atoms with Crippen LogP contribution in [0.1, 0.15) is 34.3 Å². The molecule has 2 N–H and O–H groups in total. The number of aryl methyl sites for hydroxylation is 2. The number of carbonyl (C=O) groups excluding carboxylic acids is 1. The van der Waals surface area contributed by atoms with Crippen molar-refractivity contribution in [3.05, 3.63) is 59.2 Å². The zero-order valence-electron chi connectivity index (χ0n) is 15.5. The molecule has 1 aliphatic rings. The molecule has 1 fully saturated rings. The minimum absolute atomic E-state index is 0.0390. The van der Waals surface area contributed by atoms with Crippen molar-refractivity contribution in [2.75, 3.05) is 13.1 Å². The van der Waals surface area contributed by atoms with Crippen LogP contribution in [0.2, 0.25) is 0 Å². The Morgan fingerprint density at radius 2 is 1.81 bits per heavy atom. The Hall–Kier alpha value is -2.38. The first kappa shape index (κ1) is 19.4. The van der Waals surface area contributed by atoms with E-state index in [1.165, 1.54) is 16.4 Å². The molecule has 0 saturated carbocycles. The Balaban J connectivity index is 1.65. The number of nitrogens with one attached hydrogen (secondary N) is 1. The van der Waals surface area contributed by atoms with E-state index in [1.807, 2.05) is 19.1 Å². The van der Waals surface area contributed by atoms with Crippen LogP contribution in [0.3, 0.4) is 0 Å². The first-order chi connectivity index (χ1) is 12.8. The van der Waals surface area contributed by atoms with Gasteiger partial charge in [-0.2, -0.15) is 4.31 Å². The van der Waals surface area contributed by atoms with Crippen LogP contribution in [-0.2, 0) is 10.0 Å². The van der Waals surface area contributed by atoms with E-state index in [-0.39, 0.29) is 17.7 Å². The molecule has 3 rings (SSSR count). The van der Waals surface area contributed by atoms with Gasteiger partial charge in [0.2, 0.25) is 10.0 Å². The molecule has 1 amide bonds. The topological polar surface area (TPSA) is 86.7 Å². The van der Waals surface area contributed by atoms with Gasteiger partial charge in [0.05, 0.1) is 4.90 Å². The number of nitrogens with zero attached hydrogens (tertiary/aromatic N) is 1. The van der Waals surface area contributed by atoms with E-state index in [2.05, 4.69) is 5.32 Å². The Morgan fingerprint density at radius 1 is 1.11 bits per heavy atom. The Labute approximate surface area is 159 Å². The van der Waals surface area contributed by atoms with Gasteiger partial charge in [0, 0.05) is 24.7 Å². The third-order valence-corrected chi connectivity index (χ3v) is 6.90. The second-order valence-electron chi connectivity index (χ2n) is 6.97. The van der Waals surface area contributed by atoms with Crippen molar-refractivity contribution in [1.82, 2.24) is 9.62 Å². The number of aromatic hydroxyl groups is 1. The zero-order chi connectivity index (χ0) is 19.6. The van der Waals surface area contributed by atoms with E-state index in [4.69, 9.17) is 0 Å². The van der Waals surface area contributed by atoms with Gasteiger partial charge >= 0.3 is 0 Å². The third kappa shape index (κ3) is 4.31. The van der Waals surface area contributed by atoms with Gasteiger partial charge < -0.3 is 10.4 Å². The summed E-state index contributed by atoms with van der Waals surface area (Å²) in [4.78, 5) is 12.6. The molecule has 0 atom stereocenters. The largest absolute Gasteiger partial charge is 0.508 e. The van der Waals surface area contributed by atoms with Crippen LogP contribution in [0, 0.1) is 13.8 Å². The van der Waals surface area contributed by atoms with E-state index >= 15 is 0 Å². The average molecular weight is 388 g/mol. The minimum atomic E-state index is -3.54. The van der Waals surface area contributed by atoms with Gasteiger partial charge in [0.15, 0.2) is 0 Å². The Kier molecular flexibility index (Phi) is 5.53. The summed E-state index contributed by atoms with van der Waals surface area (Å²) in [5, 5.41) is 12.4. The summed E-state index contributed by atoms with van der Waals surface area (Å²) in [6.45, 7) is 4.40. The fourth-order valence-corrected chi connectivity index (χ4v) is 5.06. The molecule has 0 aromatic heterocycles. The maximum Gasteiger partial charge on any atom is 0.251 e. The highest BCUT2D eigenvalue weighted by Gasteiger charge is 2.31. The quantitative estimate of drug-likeness (QED) is 0.843. The molecule has 0 aliphatic carbocycles. The molecule has 1 aliphatic heterocycles. The molecule has 0 unspecified atom stereocenters. The van der Waals surface area contributed by atoms with Gasteiger partial charge in [-0.1, -0.05) is 18.2 Å².